The van der Waals surface area contributed by atoms with Crippen molar-refractivity contribution in [1.82, 2.24) is 4.98 Å². The van der Waals surface area contributed by atoms with Crippen LogP contribution >= 0.6 is 11.6 Å². The topological polar surface area (TPSA) is 24.9 Å². The molecule has 1 aromatic heterocycles. The Labute approximate surface area is 127 Å². The average molecular weight is 301 g/mol. The molecular weight excluding hydrogens is 287 g/mol. The third-order valence-electron chi connectivity index (χ3n) is 3.50. The fourth-order valence-electron chi connectivity index (χ4n) is 2.34. The minimum Gasteiger partial charge on any atom is -0.378 e. The summed E-state index contributed by atoms with van der Waals surface area (Å²) in [7, 11) is 0. The molecule has 3 rings (SSSR count). The number of nitrogens with one attached hydrogen (secondary N) is 1. The lowest BCUT2D eigenvalue weighted by atomic mass is 10.1. The van der Waals surface area contributed by atoms with Crippen LogP contribution in [0.4, 0.5) is 10.1 Å². The fraction of sp³-hybridized carbons (Fsp3) is 0.118. The summed E-state index contributed by atoms with van der Waals surface area (Å²) in [5.74, 6) is -0.401. The molecule has 1 N–H and O–H groups in total. The Bertz CT molecular complexity index is 783. The number of pyridine rings is 1. The minimum absolute atomic E-state index is 0.0393. The van der Waals surface area contributed by atoms with E-state index in [0.29, 0.717) is 0 Å². The van der Waals surface area contributed by atoms with Gasteiger partial charge in [0.15, 0.2) is 0 Å². The van der Waals surface area contributed by atoms with Crippen molar-refractivity contribution in [3.8, 4) is 0 Å². The van der Waals surface area contributed by atoms with Gasteiger partial charge in [0.25, 0.3) is 0 Å². The number of rotatable bonds is 3. The van der Waals surface area contributed by atoms with Crippen molar-refractivity contribution in [3.63, 3.8) is 0 Å². The van der Waals surface area contributed by atoms with E-state index in [1.54, 1.807) is 12.3 Å². The highest BCUT2D eigenvalue weighted by atomic mass is 35.5. The van der Waals surface area contributed by atoms with Gasteiger partial charge >= 0.3 is 0 Å². The predicted octanol–water partition coefficient (Wildman–Crippen LogP) is 5.20. The Morgan fingerprint density at radius 3 is 2.86 bits per heavy atom. The third kappa shape index (κ3) is 2.83. The van der Waals surface area contributed by atoms with Gasteiger partial charge in [-0.1, -0.05) is 29.8 Å². The van der Waals surface area contributed by atoms with Crippen LogP contribution in [0.2, 0.25) is 5.02 Å². The van der Waals surface area contributed by atoms with Crippen LogP contribution in [0.1, 0.15) is 18.5 Å². The minimum atomic E-state index is -0.401. The summed E-state index contributed by atoms with van der Waals surface area (Å²) in [6.45, 7) is 1.98. The van der Waals surface area contributed by atoms with E-state index in [0.717, 1.165) is 22.0 Å². The Hall–Kier alpha value is -2.13. The van der Waals surface area contributed by atoms with E-state index < -0.39 is 5.82 Å². The van der Waals surface area contributed by atoms with Crippen molar-refractivity contribution in [1.29, 1.82) is 0 Å². The van der Waals surface area contributed by atoms with E-state index in [4.69, 9.17) is 11.6 Å². The molecule has 0 bridgehead atoms. The molecule has 0 spiro atoms. The maximum atomic E-state index is 13.6. The Morgan fingerprint density at radius 1 is 1.19 bits per heavy atom. The molecule has 0 fully saturated rings. The maximum absolute atomic E-state index is 13.6. The molecule has 0 saturated heterocycles. The Kier molecular flexibility index (Phi) is 3.76. The third-order valence-corrected chi connectivity index (χ3v) is 3.81. The quantitative estimate of drug-likeness (QED) is 0.719. The monoisotopic (exact) mass is 300 g/mol. The molecule has 21 heavy (non-hydrogen) atoms. The van der Waals surface area contributed by atoms with E-state index in [2.05, 4.69) is 10.3 Å². The highest BCUT2D eigenvalue weighted by Crippen LogP contribution is 2.27. The summed E-state index contributed by atoms with van der Waals surface area (Å²) in [5, 5.41) is 5.70. The van der Waals surface area contributed by atoms with Crippen LogP contribution in [0.15, 0.2) is 54.9 Å². The number of fused-ring (bicyclic) bond motifs is 1. The molecule has 0 aliphatic rings. The summed E-state index contributed by atoms with van der Waals surface area (Å²) in [4.78, 5) is 4.16. The van der Waals surface area contributed by atoms with E-state index >= 15 is 0 Å². The first-order chi connectivity index (χ1) is 10.1. The number of nitrogens with zero attached hydrogens (tertiary/aromatic N) is 1. The molecule has 0 radical (unpaired) electrons. The van der Waals surface area contributed by atoms with Crippen molar-refractivity contribution in [2.75, 3.05) is 5.32 Å². The number of benzene rings is 2. The van der Waals surface area contributed by atoms with Gasteiger partial charge in [0, 0.05) is 29.5 Å². The van der Waals surface area contributed by atoms with Crippen molar-refractivity contribution in [2.24, 2.45) is 0 Å². The van der Waals surface area contributed by atoms with Crippen molar-refractivity contribution in [2.45, 2.75) is 13.0 Å². The molecular formula is C17H14ClFN2. The van der Waals surface area contributed by atoms with Crippen LogP contribution in [-0.2, 0) is 0 Å². The lowest BCUT2D eigenvalue weighted by Crippen LogP contribution is -2.07. The number of hydrogen-bond donors (Lipinski definition) is 1. The standard InChI is InChI=1S/C17H14ClFN2/c1-11(13-5-6-15(18)16(19)9-13)21-17-4-2-3-12-7-8-20-10-14(12)17/h2-11,21H,1H3. The number of anilines is 1. The molecule has 2 aromatic carbocycles. The maximum Gasteiger partial charge on any atom is 0.142 e. The van der Waals surface area contributed by atoms with Gasteiger partial charge in [-0.3, -0.25) is 4.98 Å². The molecule has 1 unspecified atom stereocenters. The first kappa shape index (κ1) is 13.8. The van der Waals surface area contributed by atoms with Gasteiger partial charge in [-0.15, -0.1) is 0 Å². The van der Waals surface area contributed by atoms with Gasteiger partial charge in [0.05, 0.1) is 5.02 Å². The Morgan fingerprint density at radius 2 is 2.05 bits per heavy atom. The smallest absolute Gasteiger partial charge is 0.142 e. The van der Waals surface area contributed by atoms with E-state index in [9.17, 15) is 4.39 Å². The second kappa shape index (κ2) is 5.70. The van der Waals surface area contributed by atoms with Gasteiger partial charge in [0.2, 0.25) is 0 Å². The number of halogens is 2. The van der Waals surface area contributed by atoms with Gasteiger partial charge in [-0.25, -0.2) is 4.39 Å². The summed E-state index contributed by atoms with van der Waals surface area (Å²) in [6, 6.07) is 12.8. The first-order valence-corrected chi connectivity index (χ1v) is 7.07. The normalized spacial score (nSPS) is 12.3. The van der Waals surface area contributed by atoms with Crippen LogP contribution < -0.4 is 5.32 Å². The Balaban J connectivity index is 1.92. The SMILES string of the molecule is CC(Nc1cccc2ccncc12)c1ccc(Cl)c(F)c1. The highest BCUT2D eigenvalue weighted by molar-refractivity contribution is 6.30. The van der Waals surface area contributed by atoms with Crippen LogP contribution in [-0.4, -0.2) is 4.98 Å². The lowest BCUT2D eigenvalue weighted by Gasteiger charge is -2.17. The summed E-state index contributed by atoms with van der Waals surface area (Å²) in [6.07, 6.45) is 3.59. The van der Waals surface area contributed by atoms with E-state index in [1.165, 1.54) is 6.07 Å². The fourth-order valence-corrected chi connectivity index (χ4v) is 2.46. The first-order valence-electron chi connectivity index (χ1n) is 6.69. The number of aromatic nitrogens is 1. The van der Waals surface area contributed by atoms with E-state index in [-0.39, 0.29) is 11.1 Å². The zero-order chi connectivity index (χ0) is 14.8. The second-order valence-electron chi connectivity index (χ2n) is 4.94. The van der Waals surface area contributed by atoms with Gasteiger partial charge in [-0.05, 0) is 42.1 Å². The summed E-state index contributed by atoms with van der Waals surface area (Å²) >= 11 is 5.72. The molecule has 3 aromatic rings. The van der Waals surface area contributed by atoms with Crippen molar-refractivity contribution in [3.05, 3.63) is 71.3 Å². The molecule has 4 heteroatoms. The van der Waals surface area contributed by atoms with Crippen molar-refractivity contribution >= 4 is 28.1 Å². The van der Waals surface area contributed by atoms with Crippen LogP contribution in [0.25, 0.3) is 10.8 Å². The largest absolute Gasteiger partial charge is 0.378 e. The summed E-state index contributed by atoms with van der Waals surface area (Å²) < 4.78 is 13.6. The van der Waals surface area contributed by atoms with Gasteiger partial charge in [0.1, 0.15) is 5.82 Å². The van der Waals surface area contributed by atoms with Crippen LogP contribution in [0, 0.1) is 5.82 Å². The molecule has 1 heterocycles. The molecule has 0 aliphatic heterocycles. The molecule has 0 saturated carbocycles. The zero-order valence-corrected chi connectivity index (χ0v) is 12.2. The molecule has 2 nitrogen and oxygen atoms in total. The molecule has 0 aliphatic carbocycles. The molecule has 106 valence electrons. The van der Waals surface area contributed by atoms with Gasteiger partial charge < -0.3 is 5.32 Å². The summed E-state index contributed by atoms with van der Waals surface area (Å²) in [5.41, 5.74) is 1.82. The van der Waals surface area contributed by atoms with Crippen LogP contribution in [0.3, 0.4) is 0 Å². The molecule has 0 amide bonds. The van der Waals surface area contributed by atoms with Crippen molar-refractivity contribution < 1.29 is 4.39 Å². The lowest BCUT2D eigenvalue weighted by molar-refractivity contribution is 0.624. The van der Waals surface area contributed by atoms with E-state index in [1.807, 2.05) is 43.5 Å². The van der Waals surface area contributed by atoms with Crippen LogP contribution in [0.5, 0.6) is 0 Å². The average Bonchev–Trinajstić information content (AvgIpc) is 2.50. The highest BCUT2D eigenvalue weighted by Gasteiger charge is 2.10. The van der Waals surface area contributed by atoms with Gasteiger partial charge in [-0.2, -0.15) is 0 Å². The predicted molar refractivity (Wildman–Crippen MR) is 85.2 cm³/mol. The second-order valence-corrected chi connectivity index (χ2v) is 5.35. The zero-order valence-electron chi connectivity index (χ0n) is 11.5. The molecule has 1 atom stereocenters. The number of hydrogen-bond acceptors (Lipinski definition) is 2.